The summed E-state index contributed by atoms with van der Waals surface area (Å²) >= 11 is 3.91. The Labute approximate surface area is 354 Å². The van der Waals surface area contributed by atoms with Crippen LogP contribution in [0, 0.1) is 0 Å². The van der Waals surface area contributed by atoms with Gasteiger partial charge in [0, 0.05) is 79.3 Å². The van der Waals surface area contributed by atoms with E-state index < -0.39 is 0 Å². The van der Waals surface area contributed by atoms with Crippen molar-refractivity contribution in [1.29, 1.82) is 0 Å². The Morgan fingerprint density at radius 1 is 0.492 bits per heavy atom. The fourth-order valence-electron chi connectivity index (χ4n) is 10.3. The zero-order chi connectivity index (χ0) is 40.5. The third kappa shape index (κ3) is 4.86. The van der Waals surface area contributed by atoms with Gasteiger partial charge in [-0.15, -0.1) is 22.7 Å². The SMILES string of the molecule is CC(C)(C)c1ccc(N2B3c4cc(C(C)(C)C)ccc4-n4c5ccc(C(C)(C)C)cc5c5c6c(sc7ccccc76)c(c3c54)-c3cc4sc5ccccc5c4cc32)cc1. The Balaban J connectivity index is 1.34. The summed E-state index contributed by atoms with van der Waals surface area (Å²) < 4.78 is 8.08. The molecular weight excluding hydrogens is 752 g/mol. The van der Waals surface area contributed by atoms with Crippen molar-refractivity contribution in [2.24, 2.45) is 0 Å². The van der Waals surface area contributed by atoms with Gasteiger partial charge < -0.3 is 9.38 Å². The molecular formula is C54H47BN2S2. The lowest BCUT2D eigenvalue weighted by Gasteiger charge is -2.42. The van der Waals surface area contributed by atoms with Crippen LogP contribution >= 0.6 is 22.7 Å². The molecule has 5 heterocycles. The van der Waals surface area contributed by atoms with E-state index >= 15 is 0 Å². The molecule has 12 rings (SSSR count). The van der Waals surface area contributed by atoms with Crippen molar-refractivity contribution in [3.05, 3.63) is 138 Å². The smallest absolute Gasteiger partial charge is 0.333 e. The Morgan fingerprint density at radius 2 is 1.12 bits per heavy atom. The largest absolute Gasteiger partial charge is 0.376 e. The van der Waals surface area contributed by atoms with Crippen molar-refractivity contribution >= 4 is 114 Å². The Morgan fingerprint density at radius 3 is 1.83 bits per heavy atom. The standard InChI is InChI=1S/C54H47BN2S2/c1-52(2,3)30-18-22-33(23-19-30)57-42-28-36-34-14-10-12-16-43(34)58-45(36)29-38(42)48-49-50-46(47-35-15-11-13-17-44(35)59-51(47)48)37-26-31(53(4,5)6)20-24-40(37)56(50)41-25-21-32(54(7,8)9)27-39(41)55(49)57/h10-29H,1-9H3. The molecule has 0 atom stereocenters. The molecule has 0 N–H and O–H groups in total. The minimum atomic E-state index is -0.0475. The minimum absolute atomic E-state index is 0.0134. The molecule has 2 nitrogen and oxygen atoms in total. The highest BCUT2D eigenvalue weighted by molar-refractivity contribution is 7.27. The van der Waals surface area contributed by atoms with Gasteiger partial charge in [0.2, 0.25) is 0 Å². The molecule has 2 aliphatic heterocycles. The normalized spacial score (nSPS) is 14.1. The van der Waals surface area contributed by atoms with E-state index in [0.717, 1.165) is 0 Å². The Bertz CT molecular complexity index is 3450. The van der Waals surface area contributed by atoms with Gasteiger partial charge in [0.1, 0.15) is 0 Å². The van der Waals surface area contributed by atoms with Crippen LogP contribution < -0.4 is 15.7 Å². The van der Waals surface area contributed by atoms with Gasteiger partial charge in [-0.3, -0.25) is 0 Å². The van der Waals surface area contributed by atoms with E-state index in [1.54, 1.807) is 0 Å². The molecule has 0 spiro atoms. The predicted octanol–water partition coefficient (Wildman–Crippen LogP) is 14.6. The van der Waals surface area contributed by atoms with E-state index in [4.69, 9.17) is 0 Å². The molecule has 0 aliphatic carbocycles. The molecule has 0 saturated carbocycles. The number of anilines is 2. The van der Waals surface area contributed by atoms with Gasteiger partial charge >= 0.3 is 6.85 Å². The average molecular weight is 799 g/mol. The number of hydrogen-bond donors (Lipinski definition) is 0. The van der Waals surface area contributed by atoms with Crippen molar-refractivity contribution < 1.29 is 0 Å². The monoisotopic (exact) mass is 798 g/mol. The summed E-state index contributed by atoms with van der Waals surface area (Å²) in [6.07, 6.45) is 0. The minimum Gasteiger partial charge on any atom is -0.376 e. The quantitative estimate of drug-likeness (QED) is 0.150. The predicted molar refractivity (Wildman–Crippen MR) is 262 cm³/mol. The number of aromatic nitrogens is 1. The van der Waals surface area contributed by atoms with E-state index in [1.807, 2.05) is 22.7 Å². The molecule has 0 radical (unpaired) electrons. The van der Waals surface area contributed by atoms with Crippen molar-refractivity contribution in [3.63, 3.8) is 0 Å². The third-order valence-electron chi connectivity index (χ3n) is 13.4. The van der Waals surface area contributed by atoms with Crippen LogP contribution in [-0.2, 0) is 16.2 Å². The van der Waals surface area contributed by atoms with Gasteiger partial charge in [-0.05, 0) is 98.5 Å². The molecule has 288 valence electrons. The summed E-state index contributed by atoms with van der Waals surface area (Å²) in [5, 5.41) is 8.16. The molecule has 2 aliphatic rings. The summed E-state index contributed by atoms with van der Waals surface area (Å²) in [6, 6.07) is 47.5. The van der Waals surface area contributed by atoms with Gasteiger partial charge in [-0.2, -0.15) is 0 Å². The van der Waals surface area contributed by atoms with Crippen LogP contribution in [-0.4, -0.2) is 11.4 Å². The first-order valence-corrected chi connectivity index (χ1v) is 22.8. The zero-order valence-electron chi connectivity index (χ0n) is 35.3. The number of thiophene rings is 2. The van der Waals surface area contributed by atoms with Crippen LogP contribution in [0.2, 0.25) is 0 Å². The summed E-state index contributed by atoms with van der Waals surface area (Å²) in [7, 11) is 0. The first kappa shape index (κ1) is 35.6. The first-order valence-electron chi connectivity index (χ1n) is 21.1. The summed E-state index contributed by atoms with van der Waals surface area (Å²) in [5.74, 6) is 0. The third-order valence-corrected chi connectivity index (χ3v) is 15.7. The summed E-state index contributed by atoms with van der Waals surface area (Å²) in [5.41, 5.74) is 16.1. The van der Waals surface area contributed by atoms with Gasteiger partial charge in [-0.1, -0.05) is 129 Å². The van der Waals surface area contributed by atoms with Gasteiger partial charge in [0.15, 0.2) is 0 Å². The van der Waals surface area contributed by atoms with E-state index in [9.17, 15) is 0 Å². The number of nitrogens with zero attached hydrogens (tertiary/aromatic N) is 2. The topological polar surface area (TPSA) is 8.17 Å². The average Bonchev–Trinajstić information content (AvgIpc) is 3.87. The second-order valence-electron chi connectivity index (χ2n) is 20.2. The molecule has 0 unspecified atom stereocenters. The fourth-order valence-corrected chi connectivity index (χ4v) is 12.7. The molecule has 3 aromatic heterocycles. The highest BCUT2D eigenvalue weighted by atomic mass is 32.1. The lowest BCUT2D eigenvalue weighted by atomic mass is 9.43. The molecule has 0 bridgehead atoms. The summed E-state index contributed by atoms with van der Waals surface area (Å²) in [6.45, 7) is 21.0. The van der Waals surface area contributed by atoms with Gasteiger partial charge in [-0.25, -0.2) is 0 Å². The van der Waals surface area contributed by atoms with E-state index in [2.05, 4.69) is 193 Å². The maximum atomic E-state index is 2.72. The molecule has 0 saturated heterocycles. The second kappa shape index (κ2) is 11.7. The second-order valence-corrected chi connectivity index (χ2v) is 22.3. The zero-order valence-corrected chi connectivity index (χ0v) is 37.0. The first-order chi connectivity index (χ1) is 28.2. The molecule has 0 amide bonds. The molecule has 0 fully saturated rings. The van der Waals surface area contributed by atoms with Crippen molar-refractivity contribution in [2.75, 3.05) is 4.81 Å². The van der Waals surface area contributed by atoms with E-state index in [1.165, 1.54) is 118 Å². The molecule has 7 aromatic carbocycles. The van der Waals surface area contributed by atoms with E-state index in [0.29, 0.717) is 0 Å². The van der Waals surface area contributed by atoms with Crippen LogP contribution in [0.3, 0.4) is 0 Å². The Kier molecular flexibility index (Phi) is 7.04. The number of fused-ring (bicyclic) bond motifs is 16. The number of benzene rings is 7. The number of hydrogen-bond acceptors (Lipinski definition) is 3. The van der Waals surface area contributed by atoms with Crippen LogP contribution in [0.4, 0.5) is 11.4 Å². The van der Waals surface area contributed by atoms with Crippen molar-refractivity contribution in [1.82, 2.24) is 4.57 Å². The van der Waals surface area contributed by atoms with Crippen LogP contribution in [0.1, 0.15) is 79.0 Å². The Hall–Kier alpha value is -5.36. The lowest BCUT2D eigenvalue weighted by molar-refractivity contribution is 0.590. The highest BCUT2D eigenvalue weighted by Gasteiger charge is 2.46. The van der Waals surface area contributed by atoms with E-state index in [-0.39, 0.29) is 23.1 Å². The lowest BCUT2D eigenvalue weighted by Crippen LogP contribution is -2.60. The molecule has 10 aromatic rings. The van der Waals surface area contributed by atoms with Gasteiger partial charge in [0.25, 0.3) is 0 Å². The maximum Gasteiger partial charge on any atom is 0.333 e. The van der Waals surface area contributed by atoms with Crippen LogP contribution in [0.15, 0.2) is 121 Å². The molecule has 59 heavy (non-hydrogen) atoms. The number of rotatable bonds is 1. The molecule has 5 heteroatoms. The maximum absolute atomic E-state index is 2.72. The fraction of sp³-hybridized carbons (Fsp3) is 0.222. The van der Waals surface area contributed by atoms with Gasteiger partial charge in [0.05, 0.1) is 11.0 Å². The highest BCUT2D eigenvalue weighted by Crippen LogP contribution is 2.54. The van der Waals surface area contributed by atoms with Crippen molar-refractivity contribution in [3.8, 4) is 16.8 Å². The van der Waals surface area contributed by atoms with Crippen molar-refractivity contribution in [2.45, 2.75) is 78.6 Å². The van der Waals surface area contributed by atoms with Crippen LogP contribution in [0.25, 0.3) is 79.0 Å². The summed E-state index contributed by atoms with van der Waals surface area (Å²) in [4.78, 5) is 2.72. The van der Waals surface area contributed by atoms with Crippen LogP contribution in [0.5, 0.6) is 0 Å².